The van der Waals surface area contributed by atoms with Crippen LogP contribution in [0.25, 0.3) is 217 Å². The number of anilines is 3. The van der Waals surface area contributed by atoms with Crippen LogP contribution in [0.4, 0.5) is 17.1 Å². The van der Waals surface area contributed by atoms with Crippen LogP contribution in [-0.2, 0) is 6.54 Å². The predicted octanol–water partition coefficient (Wildman–Crippen LogP) is 33.3. The molecule has 0 spiro atoms. The molecule has 0 amide bonds. The van der Waals surface area contributed by atoms with Crippen LogP contribution in [0.3, 0.4) is 0 Å². The Kier molecular flexibility index (Phi) is 22.0. The van der Waals surface area contributed by atoms with Gasteiger partial charge in [-0.15, -0.1) is 0 Å². The molecule has 1 aliphatic rings. The van der Waals surface area contributed by atoms with Crippen LogP contribution in [0.1, 0.15) is 24.2 Å². The van der Waals surface area contributed by atoms with Gasteiger partial charge in [0, 0.05) is 66.7 Å². The molecule has 1 aliphatic carbocycles. The highest BCUT2D eigenvalue weighted by Crippen LogP contribution is 2.48. The molecule has 20 aromatic carbocycles. The first-order valence-electron chi connectivity index (χ1n) is 48.2. The maximum absolute atomic E-state index is 5.57. The molecule has 0 bridgehead atoms. The maximum atomic E-state index is 5.57. The molecule has 0 N–H and O–H groups in total. The van der Waals surface area contributed by atoms with E-state index in [1.807, 2.05) is 0 Å². The maximum Gasteiger partial charge on any atom is 0.334 e. The van der Waals surface area contributed by atoms with Crippen LogP contribution < -0.4 is 14.7 Å². The normalized spacial score (nSPS) is 12.0. The number of hydrogen-bond acceptors (Lipinski definition) is 5. The molecule has 0 radical (unpaired) electrons. The Morgan fingerprint density at radius 3 is 1.03 bits per heavy atom. The van der Waals surface area contributed by atoms with Crippen molar-refractivity contribution in [3.8, 4) is 168 Å². The van der Waals surface area contributed by atoms with Gasteiger partial charge in [0.15, 0.2) is 17.5 Å². The number of allylic oxidation sites excluding steroid dienone is 4. The van der Waals surface area contributed by atoms with Gasteiger partial charge < -0.3 is 14.0 Å². The highest BCUT2D eigenvalue weighted by molar-refractivity contribution is 6.18. The van der Waals surface area contributed by atoms with Gasteiger partial charge in [0.2, 0.25) is 5.82 Å². The molecule has 0 atom stereocenters. The van der Waals surface area contributed by atoms with Crippen molar-refractivity contribution in [2.24, 2.45) is 0 Å². The summed E-state index contributed by atoms with van der Waals surface area (Å²) in [5.41, 5.74) is 37.7. The number of fused-ring (bicyclic) bond motifs is 6. The molecular formula is C132H91N9. The predicted molar refractivity (Wildman–Crippen MR) is 582 cm³/mol. The van der Waals surface area contributed by atoms with E-state index in [9.17, 15) is 0 Å². The fourth-order valence-electron chi connectivity index (χ4n) is 20.6. The number of para-hydroxylation sites is 1. The van der Waals surface area contributed by atoms with Crippen LogP contribution in [-0.4, -0.2) is 29.1 Å². The lowest BCUT2D eigenvalue weighted by Gasteiger charge is -2.27. The average Bonchev–Trinajstić information content (AvgIpc) is 1.58. The smallest absolute Gasteiger partial charge is 0.310 e. The Morgan fingerprint density at radius 1 is 0.248 bits per heavy atom. The van der Waals surface area contributed by atoms with Gasteiger partial charge in [0.25, 0.3) is 0 Å². The molecule has 0 fully saturated rings. The summed E-state index contributed by atoms with van der Waals surface area (Å²) in [6.45, 7) is 0.522. The zero-order valence-corrected chi connectivity index (χ0v) is 77.2. The van der Waals surface area contributed by atoms with E-state index in [-0.39, 0.29) is 0 Å². The Morgan fingerprint density at radius 2 is 0.582 bits per heavy atom. The summed E-state index contributed by atoms with van der Waals surface area (Å²) in [4.78, 5) is 24.2. The van der Waals surface area contributed by atoms with E-state index in [1.165, 1.54) is 0 Å². The summed E-state index contributed by atoms with van der Waals surface area (Å²) in [6, 6.07) is 180. The number of hydrogen-bond donors (Lipinski definition) is 0. The van der Waals surface area contributed by atoms with E-state index < -0.39 is 0 Å². The van der Waals surface area contributed by atoms with Gasteiger partial charge in [-0.05, 0) is 292 Å². The monoisotopic (exact) mass is 1800 g/mol. The minimum absolute atomic E-state index is 0.522. The molecule has 0 unspecified atom stereocenters. The quantitative estimate of drug-likeness (QED) is 0.0629. The molecule has 664 valence electrons. The Balaban J connectivity index is 0.590. The minimum atomic E-state index is 0.522. The van der Waals surface area contributed by atoms with Crippen molar-refractivity contribution in [1.82, 2.24) is 34.2 Å². The summed E-state index contributed by atoms with van der Waals surface area (Å²) >= 11 is 0. The lowest BCUT2D eigenvalue weighted by Crippen LogP contribution is -2.40. The molecule has 0 aliphatic heterocycles. The van der Waals surface area contributed by atoms with Crippen LogP contribution in [0.2, 0.25) is 0 Å². The first-order chi connectivity index (χ1) is 69.8. The highest BCUT2D eigenvalue weighted by Gasteiger charge is 2.28. The standard InChI is InChI=1S/C132H91N9/c1-10-36-89(37-11-1)88-138-132(136-131(137-138)105-58-29-53-98(75-105)112-82-109(94-46-20-6-21-47-94)79-110(83-112)95-48-22-7-23-49-95)106-59-31-55-102(77-106)119-67-35-69-125-127(119)121-85-100(91-40-14-3-15-41-91)71-73-123(121)141(125)117-65-33-63-115(87-117)139(113-60-26-9-27-61-113)114-62-32-64-116(86-114)140-122-72-70-99(90-38-12-2-13-39-90)84-120(122)126-118(66-34-68-124(126)140)101-54-30-57-104(76-101)130-134-128(96-50-24-8-25-51-96)133-129(135-130)103-56-28-52-97(74-103)111-80-107(92-42-16-4-17-43-92)78-108(81-111)93-44-18-5-19-45-93/h1-24,26-50,52-87H,25,51,88H2. The topological polar surface area (TPSA) is 82.6 Å². The third kappa shape index (κ3) is 16.6. The number of aromatic nitrogens is 8. The molecule has 0 saturated heterocycles. The summed E-state index contributed by atoms with van der Waals surface area (Å²) in [5.74, 6) is 3.32. The first-order valence-corrected chi connectivity index (χ1v) is 48.2. The first kappa shape index (κ1) is 84.2. The van der Waals surface area contributed by atoms with Crippen molar-refractivity contribution in [3.05, 3.63) is 527 Å². The van der Waals surface area contributed by atoms with Gasteiger partial charge in [-0.2, -0.15) is 0 Å². The fraction of sp³-hybridized carbons (Fsp3) is 0.0227. The van der Waals surface area contributed by atoms with E-state index in [2.05, 4.69) is 534 Å². The van der Waals surface area contributed by atoms with Gasteiger partial charge in [-0.1, -0.05) is 364 Å². The number of nitrogens with zero attached hydrogens (tertiary/aromatic N) is 9. The molecule has 141 heavy (non-hydrogen) atoms. The third-order valence-electron chi connectivity index (χ3n) is 27.4. The minimum Gasteiger partial charge on any atom is -0.310 e. The van der Waals surface area contributed by atoms with Crippen molar-refractivity contribution in [2.45, 2.75) is 19.4 Å². The second kappa shape index (κ2) is 36.9. The van der Waals surface area contributed by atoms with Gasteiger partial charge in [0.1, 0.15) is 6.54 Å². The molecule has 4 aromatic heterocycles. The number of rotatable bonds is 22. The summed E-state index contributed by atoms with van der Waals surface area (Å²) in [6.07, 6.45) is 8.21. The van der Waals surface area contributed by atoms with Crippen molar-refractivity contribution >= 4 is 66.2 Å². The molecule has 9 heteroatoms. The van der Waals surface area contributed by atoms with E-state index in [4.69, 9.17) is 25.0 Å². The molecule has 25 rings (SSSR count). The van der Waals surface area contributed by atoms with Crippen molar-refractivity contribution in [1.29, 1.82) is 0 Å². The Labute approximate surface area is 818 Å². The third-order valence-corrected chi connectivity index (χ3v) is 27.4. The zero-order chi connectivity index (χ0) is 93.5. The SMILES string of the molecule is C1=CCCC(c2nc(-c3cccc(-c4cc(-c5ccccc5)cc(-c5ccccc5)c4)c3)nc(-c3cccc(-c4cccc5c4c4cc(-c6ccccc6)ccc4n5-c4cccc(N(c5ccccc5)c5cccc(-n6c7ccc(-c8ccccc8)cc7c7c(-c8cccc(-c9nc(-c%10cccc(-c%11cc(-c%12ccccc%12)cc(-c%12ccccc%12)c%11)c%10)[n-][n+]9Cc9ccccc9)c8)cccc76)c5)c4)c3)n2)=C1. The zero-order valence-electron chi connectivity index (χ0n) is 77.2. The Bertz CT molecular complexity index is 8800. The van der Waals surface area contributed by atoms with E-state index in [1.54, 1.807) is 0 Å². The van der Waals surface area contributed by atoms with Crippen molar-refractivity contribution in [3.63, 3.8) is 0 Å². The average molecular weight is 1800 g/mol. The van der Waals surface area contributed by atoms with E-state index >= 15 is 0 Å². The van der Waals surface area contributed by atoms with Crippen molar-refractivity contribution in [2.75, 3.05) is 4.90 Å². The summed E-state index contributed by atoms with van der Waals surface area (Å²) < 4.78 is 7.00. The molecule has 4 heterocycles. The fourth-order valence-corrected chi connectivity index (χ4v) is 20.6. The van der Waals surface area contributed by atoms with Crippen LogP contribution in [0.15, 0.2) is 516 Å². The lowest BCUT2D eigenvalue weighted by molar-refractivity contribution is -0.737. The van der Waals surface area contributed by atoms with Gasteiger partial charge in [-0.3, -0.25) is 0 Å². The molecule has 9 nitrogen and oxygen atoms in total. The van der Waals surface area contributed by atoms with E-state index in [0.29, 0.717) is 29.8 Å². The second-order valence-electron chi connectivity index (χ2n) is 36.2. The highest BCUT2D eigenvalue weighted by atomic mass is 15.3. The molecular weight excluding hydrogens is 1710 g/mol. The van der Waals surface area contributed by atoms with Crippen LogP contribution in [0, 0.1) is 0 Å². The Hall–Kier alpha value is -18.6. The molecule has 24 aromatic rings. The second-order valence-corrected chi connectivity index (χ2v) is 36.2. The lowest BCUT2D eigenvalue weighted by atomic mass is 9.93. The van der Waals surface area contributed by atoms with Gasteiger partial charge in [0.05, 0.1) is 27.6 Å². The summed E-state index contributed by atoms with van der Waals surface area (Å²) in [7, 11) is 0. The molecule has 0 saturated carbocycles. The van der Waals surface area contributed by atoms with E-state index in [0.717, 1.165) is 235 Å². The summed E-state index contributed by atoms with van der Waals surface area (Å²) in [5, 5.41) is 9.98. The van der Waals surface area contributed by atoms with Gasteiger partial charge in [-0.25, -0.2) is 24.7 Å². The van der Waals surface area contributed by atoms with Crippen LogP contribution >= 0.6 is 0 Å². The number of benzene rings is 20. The van der Waals surface area contributed by atoms with Gasteiger partial charge >= 0.3 is 5.82 Å². The van der Waals surface area contributed by atoms with Crippen LogP contribution in [0.5, 0.6) is 0 Å². The largest absolute Gasteiger partial charge is 0.334 e. The van der Waals surface area contributed by atoms with Crippen molar-refractivity contribution < 1.29 is 4.68 Å².